The SMILES string of the molecule is CC1=CC(C)=C(C)C1c1ccccc1CC=Nc1ccccc1. The van der Waals surface area contributed by atoms with Gasteiger partial charge < -0.3 is 0 Å². The van der Waals surface area contributed by atoms with E-state index < -0.39 is 0 Å². The second-order valence-corrected chi connectivity index (χ2v) is 6.24. The Morgan fingerprint density at radius 2 is 1.61 bits per heavy atom. The summed E-state index contributed by atoms with van der Waals surface area (Å²) in [5, 5.41) is 0. The third kappa shape index (κ3) is 3.34. The molecule has 0 bridgehead atoms. The Kier molecular flexibility index (Phi) is 4.57. The van der Waals surface area contributed by atoms with Gasteiger partial charge in [-0.05, 0) is 44.0 Å². The summed E-state index contributed by atoms with van der Waals surface area (Å²) in [4.78, 5) is 4.57. The largest absolute Gasteiger partial charge is 0.261 e. The molecular weight excluding hydrogens is 278 g/mol. The molecule has 1 heteroatoms. The van der Waals surface area contributed by atoms with Crippen molar-refractivity contribution in [1.29, 1.82) is 0 Å². The maximum Gasteiger partial charge on any atom is 0.0625 e. The molecule has 0 spiro atoms. The topological polar surface area (TPSA) is 12.4 Å². The summed E-state index contributed by atoms with van der Waals surface area (Å²) in [5.41, 5.74) is 8.09. The Hall–Kier alpha value is -2.41. The van der Waals surface area contributed by atoms with E-state index >= 15 is 0 Å². The third-order valence-corrected chi connectivity index (χ3v) is 4.63. The van der Waals surface area contributed by atoms with Gasteiger partial charge in [-0.15, -0.1) is 0 Å². The molecule has 0 saturated heterocycles. The highest BCUT2D eigenvalue weighted by Crippen LogP contribution is 2.40. The first-order valence-corrected chi connectivity index (χ1v) is 8.18. The van der Waals surface area contributed by atoms with Crippen molar-refractivity contribution >= 4 is 11.9 Å². The maximum absolute atomic E-state index is 4.57. The molecule has 116 valence electrons. The van der Waals surface area contributed by atoms with E-state index in [2.05, 4.69) is 56.1 Å². The van der Waals surface area contributed by atoms with Crippen LogP contribution in [0.4, 0.5) is 5.69 Å². The van der Waals surface area contributed by atoms with Gasteiger partial charge in [0.1, 0.15) is 0 Å². The fraction of sp³-hybridized carbons (Fsp3) is 0.227. The van der Waals surface area contributed by atoms with E-state index in [-0.39, 0.29) is 0 Å². The van der Waals surface area contributed by atoms with Crippen LogP contribution >= 0.6 is 0 Å². The summed E-state index contributed by atoms with van der Waals surface area (Å²) >= 11 is 0. The van der Waals surface area contributed by atoms with Crippen LogP contribution in [0.1, 0.15) is 37.8 Å². The minimum atomic E-state index is 0.427. The molecule has 0 aliphatic heterocycles. The molecule has 1 aliphatic carbocycles. The Morgan fingerprint density at radius 3 is 2.30 bits per heavy atom. The zero-order valence-corrected chi connectivity index (χ0v) is 14.1. The summed E-state index contributed by atoms with van der Waals surface area (Å²) < 4.78 is 0. The van der Waals surface area contributed by atoms with Gasteiger partial charge in [-0.25, -0.2) is 0 Å². The molecular formula is C22H23N. The van der Waals surface area contributed by atoms with E-state index in [9.17, 15) is 0 Å². The first-order valence-electron chi connectivity index (χ1n) is 8.18. The standard InChI is InChI=1S/C22H23N/c1-16-15-17(2)22(18(16)3)21-12-8-7-9-19(21)13-14-23-20-10-5-4-6-11-20/h4-12,14-15,22H,13H2,1-3H3. The number of allylic oxidation sites excluding steroid dienone is 4. The van der Waals surface area contributed by atoms with Gasteiger partial charge in [-0.2, -0.15) is 0 Å². The first kappa shape index (κ1) is 15.5. The Morgan fingerprint density at radius 1 is 0.913 bits per heavy atom. The fourth-order valence-corrected chi connectivity index (χ4v) is 3.35. The van der Waals surface area contributed by atoms with Gasteiger partial charge in [0.25, 0.3) is 0 Å². The van der Waals surface area contributed by atoms with Crippen molar-refractivity contribution in [3.63, 3.8) is 0 Å². The molecule has 0 fully saturated rings. The Bertz CT molecular complexity index is 779. The lowest BCUT2D eigenvalue weighted by Crippen LogP contribution is -2.04. The van der Waals surface area contributed by atoms with Crippen molar-refractivity contribution in [3.8, 4) is 0 Å². The van der Waals surface area contributed by atoms with Crippen molar-refractivity contribution in [2.75, 3.05) is 0 Å². The maximum atomic E-state index is 4.57. The number of aliphatic imine (C=N–C) groups is 1. The van der Waals surface area contributed by atoms with Crippen LogP contribution in [-0.4, -0.2) is 6.21 Å². The molecule has 2 aromatic rings. The predicted molar refractivity (Wildman–Crippen MR) is 99.6 cm³/mol. The summed E-state index contributed by atoms with van der Waals surface area (Å²) in [6, 6.07) is 18.9. The Labute approximate surface area is 139 Å². The van der Waals surface area contributed by atoms with Crippen LogP contribution in [0.3, 0.4) is 0 Å². The second-order valence-electron chi connectivity index (χ2n) is 6.24. The number of hydrogen-bond donors (Lipinski definition) is 0. The van der Waals surface area contributed by atoms with Gasteiger partial charge in [0.05, 0.1) is 5.69 Å². The van der Waals surface area contributed by atoms with Gasteiger partial charge >= 0.3 is 0 Å². The molecule has 0 saturated carbocycles. The zero-order chi connectivity index (χ0) is 16.2. The second kappa shape index (κ2) is 6.78. The van der Waals surface area contributed by atoms with E-state index in [0.717, 1.165) is 12.1 Å². The molecule has 1 atom stereocenters. The molecule has 0 heterocycles. The summed E-state index contributed by atoms with van der Waals surface area (Å²) in [5.74, 6) is 0.427. The quantitative estimate of drug-likeness (QED) is 0.613. The fourth-order valence-electron chi connectivity index (χ4n) is 3.35. The third-order valence-electron chi connectivity index (χ3n) is 4.63. The van der Waals surface area contributed by atoms with Crippen LogP contribution in [0.15, 0.2) is 82.4 Å². The van der Waals surface area contributed by atoms with Crippen LogP contribution in [-0.2, 0) is 6.42 Å². The lowest BCUT2D eigenvalue weighted by atomic mass is 9.85. The van der Waals surface area contributed by atoms with Gasteiger partial charge in [0, 0.05) is 18.6 Å². The molecule has 0 radical (unpaired) electrons. The van der Waals surface area contributed by atoms with E-state index in [4.69, 9.17) is 0 Å². The molecule has 0 aromatic heterocycles. The lowest BCUT2D eigenvalue weighted by molar-refractivity contribution is 0.922. The number of hydrogen-bond acceptors (Lipinski definition) is 1. The number of nitrogens with zero attached hydrogens (tertiary/aromatic N) is 1. The number of rotatable bonds is 4. The van der Waals surface area contributed by atoms with Crippen molar-refractivity contribution in [2.24, 2.45) is 4.99 Å². The minimum absolute atomic E-state index is 0.427. The Balaban J connectivity index is 1.85. The molecule has 3 rings (SSSR count). The van der Waals surface area contributed by atoms with Gasteiger partial charge in [0.15, 0.2) is 0 Å². The van der Waals surface area contributed by atoms with E-state index in [1.54, 1.807) is 0 Å². The molecule has 1 aliphatic rings. The van der Waals surface area contributed by atoms with Crippen molar-refractivity contribution in [3.05, 3.63) is 88.5 Å². The van der Waals surface area contributed by atoms with Gasteiger partial charge in [0.2, 0.25) is 0 Å². The van der Waals surface area contributed by atoms with Crippen LogP contribution in [0.25, 0.3) is 0 Å². The average Bonchev–Trinajstić information content (AvgIpc) is 2.82. The number of para-hydroxylation sites is 1. The number of benzene rings is 2. The molecule has 1 nitrogen and oxygen atoms in total. The molecule has 1 unspecified atom stereocenters. The normalized spacial score (nSPS) is 17.9. The highest BCUT2D eigenvalue weighted by molar-refractivity contribution is 5.67. The zero-order valence-electron chi connectivity index (χ0n) is 14.1. The smallest absolute Gasteiger partial charge is 0.0625 e. The van der Waals surface area contributed by atoms with Crippen LogP contribution in [0.2, 0.25) is 0 Å². The molecule has 23 heavy (non-hydrogen) atoms. The van der Waals surface area contributed by atoms with Crippen molar-refractivity contribution in [2.45, 2.75) is 33.1 Å². The highest BCUT2D eigenvalue weighted by atomic mass is 14.7. The van der Waals surface area contributed by atoms with Crippen LogP contribution < -0.4 is 0 Å². The molecule has 2 aromatic carbocycles. The molecule has 0 amide bonds. The first-order chi connectivity index (χ1) is 11.2. The average molecular weight is 301 g/mol. The summed E-state index contributed by atoms with van der Waals surface area (Å²) in [6.07, 6.45) is 5.20. The van der Waals surface area contributed by atoms with Crippen molar-refractivity contribution in [1.82, 2.24) is 0 Å². The predicted octanol–water partition coefficient (Wildman–Crippen LogP) is 6.01. The van der Waals surface area contributed by atoms with E-state index in [1.165, 1.54) is 27.8 Å². The summed E-state index contributed by atoms with van der Waals surface area (Å²) in [7, 11) is 0. The van der Waals surface area contributed by atoms with Crippen molar-refractivity contribution < 1.29 is 0 Å². The van der Waals surface area contributed by atoms with Gasteiger partial charge in [-0.1, -0.05) is 65.3 Å². The highest BCUT2D eigenvalue weighted by Gasteiger charge is 2.23. The van der Waals surface area contributed by atoms with E-state index in [0.29, 0.717) is 5.92 Å². The van der Waals surface area contributed by atoms with Crippen LogP contribution in [0, 0.1) is 0 Å². The van der Waals surface area contributed by atoms with Gasteiger partial charge in [-0.3, -0.25) is 4.99 Å². The minimum Gasteiger partial charge on any atom is -0.261 e. The van der Waals surface area contributed by atoms with E-state index in [1.807, 2.05) is 36.5 Å². The lowest BCUT2D eigenvalue weighted by Gasteiger charge is -2.19. The summed E-state index contributed by atoms with van der Waals surface area (Å²) in [6.45, 7) is 6.69. The van der Waals surface area contributed by atoms with Crippen LogP contribution in [0.5, 0.6) is 0 Å². The monoisotopic (exact) mass is 301 g/mol. The molecule has 0 N–H and O–H groups in total.